The van der Waals surface area contributed by atoms with Gasteiger partial charge in [0.15, 0.2) is 6.23 Å². The molecule has 2 heterocycles. The van der Waals surface area contributed by atoms with Crippen LogP contribution >= 0.6 is 18.2 Å². The first kappa shape index (κ1) is 28.5. The van der Waals surface area contributed by atoms with Crippen molar-refractivity contribution in [3.05, 3.63) is 63.4 Å². The van der Waals surface area contributed by atoms with Crippen LogP contribution < -0.4 is 20.9 Å². The molecule has 1 saturated heterocycles. The van der Waals surface area contributed by atoms with Crippen molar-refractivity contribution in [2.45, 2.75) is 56.5 Å². The van der Waals surface area contributed by atoms with Crippen molar-refractivity contribution in [3.8, 4) is 5.75 Å². The molecule has 3 N–H and O–H groups in total. The number of benzene rings is 1. The molecule has 11 nitrogen and oxygen atoms in total. The smallest absolute Gasteiger partial charge is 0.330 e. The molecular formula is C21H26ClFN3O8PS. The Labute approximate surface area is 215 Å². The number of ether oxygens (including phenoxy) is 2. The third kappa shape index (κ3) is 6.80. The molecule has 0 aliphatic carbocycles. The van der Waals surface area contributed by atoms with Crippen molar-refractivity contribution in [3.63, 3.8) is 0 Å². The molecule has 0 spiro atoms. The molecule has 1 fully saturated rings. The van der Waals surface area contributed by atoms with E-state index in [1.807, 2.05) is 4.98 Å². The van der Waals surface area contributed by atoms with Crippen LogP contribution in [0.25, 0.3) is 0 Å². The van der Waals surface area contributed by atoms with Gasteiger partial charge in [0.25, 0.3) is 10.7 Å². The van der Waals surface area contributed by atoms with Crippen molar-refractivity contribution < 1.29 is 32.8 Å². The Morgan fingerprint density at radius 1 is 1.33 bits per heavy atom. The molecule has 0 unspecified atom stereocenters. The van der Waals surface area contributed by atoms with Gasteiger partial charge in [0, 0.05) is 12.3 Å². The van der Waals surface area contributed by atoms with Crippen LogP contribution in [0.5, 0.6) is 5.75 Å². The topological polar surface area (TPSA) is 141 Å². The van der Waals surface area contributed by atoms with Crippen LogP contribution in [0.4, 0.5) is 4.39 Å². The highest BCUT2D eigenvalue weighted by molar-refractivity contribution is 8.09. The monoisotopic (exact) mass is 565 g/mol. The van der Waals surface area contributed by atoms with Crippen LogP contribution in [-0.4, -0.2) is 56.7 Å². The van der Waals surface area contributed by atoms with Gasteiger partial charge >= 0.3 is 18.3 Å². The van der Waals surface area contributed by atoms with Gasteiger partial charge < -0.3 is 23.6 Å². The zero-order valence-electron chi connectivity index (χ0n) is 19.5. The molecule has 1 aromatic carbocycles. The fourth-order valence-corrected chi connectivity index (χ4v) is 5.94. The number of nitrogens with one attached hydrogen (secondary N) is 2. The van der Waals surface area contributed by atoms with E-state index in [9.17, 15) is 19.5 Å². The Morgan fingerprint density at radius 3 is 2.61 bits per heavy atom. The average Bonchev–Trinajstić information content (AvgIpc) is 3.01. The van der Waals surface area contributed by atoms with Crippen LogP contribution in [-0.2, 0) is 30.6 Å². The SMILES string of the molecule is CC(C)OC(=O)[C@@H](C)N[P@](=S)(OC[C@H]1O[C@@H](n2ccc(=O)[nH]c2=O)[C@](F)(Cl)[C@@H]1O)Oc1ccccc1. The van der Waals surface area contributed by atoms with Crippen LogP contribution in [0, 0.1) is 0 Å². The second-order valence-corrected chi connectivity index (χ2v) is 11.9. The lowest BCUT2D eigenvalue weighted by atomic mass is 10.1. The highest BCUT2D eigenvalue weighted by Gasteiger charge is 2.58. The molecule has 0 amide bonds. The number of nitrogens with zero attached hydrogens (tertiary/aromatic N) is 1. The summed E-state index contributed by atoms with van der Waals surface area (Å²) < 4.78 is 38.3. The molecule has 15 heteroatoms. The summed E-state index contributed by atoms with van der Waals surface area (Å²) in [6.45, 7) is 0.859. The fraction of sp³-hybridized carbons (Fsp3) is 0.476. The zero-order chi connectivity index (χ0) is 26.7. The Balaban J connectivity index is 1.80. The first-order valence-electron chi connectivity index (χ1n) is 10.8. The summed E-state index contributed by atoms with van der Waals surface area (Å²) in [5, 5.41) is 10.4. The Kier molecular flexibility index (Phi) is 9.10. The highest BCUT2D eigenvalue weighted by Crippen LogP contribution is 2.48. The van der Waals surface area contributed by atoms with Crippen LogP contribution in [0.15, 0.2) is 52.2 Å². The number of aromatic amines is 1. The number of esters is 1. The summed E-state index contributed by atoms with van der Waals surface area (Å²) in [5.74, 6) is -0.266. The number of carbonyl (C=O) groups excluding carboxylic acids is 1. The summed E-state index contributed by atoms with van der Waals surface area (Å²) in [5.41, 5.74) is -1.69. The molecule has 1 aliphatic heterocycles. The predicted octanol–water partition coefficient (Wildman–Crippen LogP) is 1.95. The van der Waals surface area contributed by atoms with Crippen LogP contribution in [0.1, 0.15) is 27.0 Å². The maximum absolute atomic E-state index is 15.2. The van der Waals surface area contributed by atoms with Gasteiger partial charge in [-0.05, 0) is 44.7 Å². The molecule has 0 radical (unpaired) electrons. The van der Waals surface area contributed by atoms with E-state index in [0.29, 0.717) is 10.3 Å². The van der Waals surface area contributed by atoms with Gasteiger partial charge in [-0.2, -0.15) is 0 Å². The van der Waals surface area contributed by atoms with Crippen LogP contribution in [0.3, 0.4) is 0 Å². The zero-order valence-corrected chi connectivity index (χ0v) is 22.0. The molecule has 6 atom stereocenters. The van der Waals surface area contributed by atoms with Crippen LogP contribution in [0.2, 0.25) is 0 Å². The number of hydrogen-bond donors (Lipinski definition) is 3. The molecule has 198 valence electrons. The molecule has 2 aromatic rings. The maximum atomic E-state index is 15.2. The fourth-order valence-electron chi connectivity index (χ4n) is 3.22. The van der Waals surface area contributed by atoms with E-state index < -0.39 is 60.1 Å². The largest absolute Gasteiger partial charge is 0.462 e. The normalized spacial score (nSPS) is 26.4. The summed E-state index contributed by atoms with van der Waals surface area (Å²) in [6, 6.07) is 8.44. The van der Waals surface area contributed by atoms with E-state index in [4.69, 9.17) is 41.9 Å². The first-order valence-corrected chi connectivity index (χ1v) is 13.8. The molecular weight excluding hydrogens is 540 g/mol. The lowest BCUT2D eigenvalue weighted by Gasteiger charge is -2.28. The van der Waals surface area contributed by atoms with E-state index in [-0.39, 0.29) is 6.10 Å². The number of aliphatic hydroxyl groups excluding tert-OH is 1. The third-order valence-electron chi connectivity index (χ3n) is 4.92. The van der Waals surface area contributed by atoms with E-state index in [1.165, 1.54) is 6.92 Å². The van der Waals surface area contributed by atoms with Crippen molar-refractivity contribution in [1.29, 1.82) is 0 Å². The van der Waals surface area contributed by atoms with Gasteiger partial charge in [0.1, 0.15) is 24.0 Å². The average molecular weight is 566 g/mol. The number of H-pyrrole nitrogens is 1. The third-order valence-corrected chi connectivity index (χ3v) is 7.83. The second-order valence-electron chi connectivity index (χ2n) is 8.20. The second kappa shape index (κ2) is 11.5. The number of aromatic nitrogens is 2. The molecule has 0 saturated carbocycles. The summed E-state index contributed by atoms with van der Waals surface area (Å²) in [7, 11) is 0. The standard InChI is InChI=1S/C21H26ClFN3O8PS/c1-12(2)32-18(29)13(3)25-35(36,34-14-7-5-4-6-8-14)31-11-15-17(28)21(22,23)19(33-15)26-10-9-16(27)24-20(26)30/h4-10,12-13,15,17,19,28H,11H2,1-3H3,(H,25,36)(H,24,27,30)/t13-,15-,17-,19-,21+,35+/m1/s1. The quantitative estimate of drug-likeness (QED) is 0.222. The summed E-state index contributed by atoms with van der Waals surface area (Å²) in [6.07, 6.45) is -4.50. The summed E-state index contributed by atoms with van der Waals surface area (Å²) in [4.78, 5) is 37.7. The van der Waals surface area contributed by atoms with Gasteiger partial charge in [-0.15, -0.1) is 0 Å². The Morgan fingerprint density at radius 2 is 2.00 bits per heavy atom. The minimum atomic E-state index is -3.51. The molecule has 3 rings (SSSR count). The first-order chi connectivity index (χ1) is 16.8. The number of para-hydroxylation sites is 1. The van der Waals surface area contributed by atoms with Crippen molar-refractivity contribution in [2.24, 2.45) is 0 Å². The Hall–Kier alpha value is -2.12. The van der Waals surface area contributed by atoms with Gasteiger partial charge in [-0.1, -0.05) is 29.8 Å². The number of halogens is 2. The van der Waals surface area contributed by atoms with E-state index >= 15 is 4.39 Å². The van der Waals surface area contributed by atoms with Gasteiger partial charge in [0.2, 0.25) is 0 Å². The van der Waals surface area contributed by atoms with Gasteiger partial charge in [0.05, 0.1) is 12.7 Å². The van der Waals surface area contributed by atoms with Gasteiger partial charge in [-0.25, -0.2) is 14.3 Å². The van der Waals surface area contributed by atoms with Gasteiger partial charge in [-0.3, -0.25) is 19.1 Å². The molecule has 36 heavy (non-hydrogen) atoms. The van der Waals surface area contributed by atoms with Crippen molar-refractivity contribution in [2.75, 3.05) is 6.61 Å². The summed E-state index contributed by atoms with van der Waals surface area (Å²) >= 11 is 11.5. The number of alkyl halides is 2. The van der Waals surface area contributed by atoms with E-state index in [2.05, 4.69) is 5.09 Å². The molecule has 1 aromatic heterocycles. The molecule has 1 aliphatic rings. The minimum Gasteiger partial charge on any atom is -0.462 e. The Bertz CT molecular complexity index is 1230. The van der Waals surface area contributed by atoms with Crippen molar-refractivity contribution in [1.82, 2.24) is 14.6 Å². The lowest BCUT2D eigenvalue weighted by Crippen LogP contribution is -2.42. The number of aliphatic hydroxyl groups is 1. The van der Waals surface area contributed by atoms with E-state index in [0.717, 1.165) is 12.3 Å². The maximum Gasteiger partial charge on any atom is 0.330 e. The minimum absolute atomic E-state index is 0.334. The number of hydrogen-bond acceptors (Lipinski definition) is 9. The molecule has 0 bridgehead atoms. The van der Waals surface area contributed by atoms with Crippen molar-refractivity contribution >= 4 is 36.0 Å². The van der Waals surface area contributed by atoms with E-state index in [1.54, 1.807) is 44.2 Å². The lowest BCUT2D eigenvalue weighted by molar-refractivity contribution is -0.149. The number of rotatable bonds is 10. The number of carbonyl (C=O) groups is 1. The highest BCUT2D eigenvalue weighted by atomic mass is 35.5. The predicted molar refractivity (Wildman–Crippen MR) is 132 cm³/mol.